The summed E-state index contributed by atoms with van der Waals surface area (Å²) in [7, 11) is 0. The smallest absolute Gasteiger partial charge is 0.100 e. The Morgan fingerprint density at radius 2 is 2.38 bits per heavy atom. The van der Waals surface area contributed by atoms with Crippen molar-refractivity contribution in [1.29, 1.82) is 5.41 Å². The van der Waals surface area contributed by atoms with Crippen molar-refractivity contribution in [3.63, 3.8) is 0 Å². The minimum absolute atomic E-state index is 0.719. The number of pyridine rings is 1. The van der Waals surface area contributed by atoms with E-state index in [0.29, 0.717) is 0 Å². The zero-order valence-corrected chi connectivity index (χ0v) is 7.75. The number of amidine groups is 1. The number of nitrogens with one attached hydrogen (secondary N) is 1. The number of aromatic nitrogens is 1. The molecule has 0 amide bonds. The Labute approximate surface area is 77.9 Å². The van der Waals surface area contributed by atoms with E-state index in [1.807, 2.05) is 17.2 Å². The normalized spacial score (nSPS) is 16.7. The molecule has 0 unspecified atom stereocenters. The second kappa shape index (κ2) is 3.17. The maximum absolute atomic E-state index is 7.74. The van der Waals surface area contributed by atoms with Gasteiger partial charge in [-0.25, -0.2) is 0 Å². The summed E-state index contributed by atoms with van der Waals surface area (Å²) in [6, 6.07) is 1.99. The van der Waals surface area contributed by atoms with Crippen LogP contribution in [0.3, 0.4) is 0 Å². The lowest BCUT2D eigenvalue weighted by atomic mass is 10.2. The van der Waals surface area contributed by atoms with Crippen molar-refractivity contribution in [2.24, 2.45) is 0 Å². The molecule has 0 spiro atoms. The first kappa shape index (κ1) is 8.23. The van der Waals surface area contributed by atoms with Crippen LogP contribution in [0.5, 0.6) is 0 Å². The van der Waals surface area contributed by atoms with Gasteiger partial charge in [0.2, 0.25) is 0 Å². The largest absolute Gasteiger partial charge is 0.329 e. The van der Waals surface area contributed by atoms with E-state index in [-0.39, 0.29) is 0 Å². The molecule has 3 heteroatoms. The molecule has 1 fully saturated rings. The summed E-state index contributed by atoms with van der Waals surface area (Å²) >= 11 is 0. The SMILES string of the molecule is Cc1ccncc1N1CCCC1=N. The summed E-state index contributed by atoms with van der Waals surface area (Å²) in [5.41, 5.74) is 2.28. The monoisotopic (exact) mass is 175 g/mol. The molecule has 1 aliphatic heterocycles. The van der Waals surface area contributed by atoms with E-state index >= 15 is 0 Å². The van der Waals surface area contributed by atoms with Crippen LogP contribution >= 0.6 is 0 Å². The highest BCUT2D eigenvalue weighted by atomic mass is 15.2. The van der Waals surface area contributed by atoms with Gasteiger partial charge in [0.05, 0.1) is 11.9 Å². The van der Waals surface area contributed by atoms with Crippen LogP contribution < -0.4 is 4.90 Å². The molecule has 1 saturated heterocycles. The molecular weight excluding hydrogens is 162 g/mol. The van der Waals surface area contributed by atoms with Gasteiger partial charge in [0.1, 0.15) is 5.84 Å². The number of anilines is 1. The Bertz CT molecular complexity index is 333. The van der Waals surface area contributed by atoms with Gasteiger partial charge >= 0.3 is 0 Å². The fourth-order valence-electron chi connectivity index (χ4n) is 1.68. The summed E-state index contributed by atoms with van der Waals surface area (Å²) < 4.78 is 0. The first-order valence-corrected chi connectivity index (χ1v) is 4.54. The quantitative estimate of drug-likeness (QED) is 0.708. The van der Waals surface area contributed by atoms with Crippen molar-refractivity contribution in [2.75, 3.05) is 11.4 Å². The van der Waals surface area contributed by atoms with Crippen LogP contribution in [0.2, 0.25) is 0 Å². The molecular formula is C10H13N3. The van der Waals surface area contributed by atoms with Crippen LogP contribution in [0, 0.1) is 12.3 Å². The van der Waals surface area contributed by atoms with Crippen LogP contribution in [0.4, 0.5) is 5.69 Å². The Morgan fingerprint density at radius 3 is 3.00 bits per heavy atom. The molecule has 0 aliphatic carbocycles. The minimum Gasteiger partial charge on any atom is -0.329 e. The number of rotatable bonds is 1. The highest BCUT2D eigenvalue weighted by molar-refractivity contribution is 5.97. The fraction of sp³-hybridized carbons (Fsp3) is 0.400. The number of nitrogens with zero attached hydrogens (tertiary/aromatic N) is 2. The molecule has 68 valence electrons. The second-order valence-electron chi connectivity index (χ2n) is 3.36. The third-order valence-corrected chi connectivity index (χ3v) is 2.42. The molecule has 0 bridgehead atoms. The molecule has 0 atom stereocenters. The highest BCUT2D eigenvalue weighted by Gasteiger charge is 2.19. The van der Waals surface area contributed by atoms with Crippen molar-refractivity contribution in [2.45, 2.75) is 19.8 Å². The molecule has 0 aromatic carbocycles. The van der Waals surface area contributed by atoms with Crippen molar-refractivity contribution >= 4 is 11.5 Å². The van der Waals surface area contributed by atoms with Gasteiger partial charge in [0.15, 0.2) is 0 Å². The lowest BCUT2D eigenvalue weighted by Gasteiger charge is -2.19. The van der Waals surface area contributed by atoms with Crippen LogP contribution in [0.25, 0.3) is 0 Å². The third-order valence-electron chi connectivity index (χ3n) is 2.42. The van der Waals surface area contributed by atoms with E-state index in [1.54, 1.807) is 6.20 Å². The van der Waals surface area contributed by atoms with E-state index in [9.17, 15) is 0 Å². The summed E-state index contributed by atoms with van der Waals surface area (Å²) in [5.74, 6) is 0.719. The maximum Gasteiger partial charge on any atom is 0.100 e. The van der Waals surface area contributed by atoms with E-state index in [2.05, 4.69) is 11.9 Å². The van der Waals surface area contributed by atoms with Gasteiger partial charge in [-0.2, -0.15) is 0 Å². The fourth-order valence-corrected chi connectivity index (χ4v) is 1.68. The molecule has 0 saturated carbocycles. The van der Waals surface area contributed by atoms with Crippen LogP contribution in [-0.4, -0.2) is 17.4 Å². The molecule has 3 nitrogen and oxygen atoms in total. The number of hydrogen-bond acceptors (Lipinski definition) is 2. The Balaban J connectivity index is 2.34. The molecule has 1 aromatic heterocycles. The van der Waals surface area contributed by atoms with Gasteiger partial charge < -0.3 is 4.90 Å². The third kappa shape index (κ3) is 1.41. The van der Waals surface area contributed by atoms with E-state index in [0.717, 1.165) is 30.9 Å². The first-order chi connectivity index (χ1) is 6.29. The van der Waals surface area contributed by atoms with Crippen molar-refractivity contribution < 1.29 is 0 Å². The average Bonchev–Trinajstić information content (AvgIpc) is 2.52. The molecule has 2 rings (SSSR count). The first-order valence-electron chi connectivity index (χ1n) is 4.54. The minimum atomic E-state index is 0.719. The van der Waals surface area contributed by atoms with Gasteiger partial charge in [-0.3, -0.25) is 10.4 Å². The predicted molar refractivity (Wildman–Crippen MR) is 53.3 cm³/mol. The number of aryl methyl sites for hydroxylation is 1. The lowest BCUT2D eigenvalue weighted by molar-refractivity contribution is 0.951. The standard InChI is InChI=1S/C10H13N3/c1-8-4-5-12-7-9(8)13-6-2-3-10(13)11/h4-5,7,11H,2-3,6H2,1H3. The molecule has 1 aliphatic rings. The van der Waals surface area contributed by atoms with Crippen LogP contribution in [0.15, 0.2) is 18.5 Å². The van der Waals surface area contributed by atoms with Gasteiger partial charge in [0, 0.05) is 19.2 Å². The Kier molecular flexibility index (Phi) is 2.00. The zero-order chi connectivity index (χ0) is 9.26. The van der Waals surface area contributed by atoms with Gasteiger partial charge in [-0.1, -0.05) is 0 Å². The number of hydrogen-bond donors (Lipinski definition) is 1. The summed E-state index contributed by atoms with van der Waals surface area (Å²) in [6.07, 6.45) is 5.62. The molecule has 1 aromatic rings. The van der Waals surface area contributed by atoms with Crippen molar-refractivity contribution in [3.05, 3.63) is 24.0 Å². The second-order valence-corrected chi connectivity index (χ2v) is 3.36. The summed E-state index contributed by atoms with van der Waals surface area (Å²) in [5, 5.41) is 7.74. The summed E-state index contributed by atoms with van der Waals surface area (Å²) in [6.45, 7) is 3.02. The van der Waals surface area contributed by atoms with Crippen LogP contribution in [0.1, 0.15) is 18.4 Å². The lowest BCUT2D eigenvalue weighted by Crippen LogP contribution is -2.24. The average molecular weight is 175 g/mol. The maximum atomic E-state index is 7.74. The molecule has 2 heterocycles. The highest BCUT2D eigenvalue weighted by Crippen LogP contribution is 2.23. The summed E-state index contributed by atoms with van der Waals surface area (Å²) in [4.78, 5) is 6.13. The predicted octanol–water partition coefficient (Wildman–Crippen LogP) is 1.97. The van der Waals surface area contributed by atoms with Gasteiger partial charge in [0.25, 0.3) is 0 Å². The van der Waals surface area contributed by atoms with Crippen molar-refractivity contribution in [3.8, 4) is 0 Å². The van der Waals surface area contributed by atoms with Crippen molar-refractivity contribution in [1.82, 2.24) is 4.98 Å². The van der Waals surface area contributed by atoms with E-state index in [1.165, 1.54) is 5.56 Å². The van der Waals surface area contributed by atoms with E-state index in [4.69, 9.17) is 5.41 Å². The van der Waals surface area contributed by atoms with Crippen LogP contribution in [-0.2, 0) is 0 Å². The molecule has 1 N–H and O–H groups in total. The Hall–Kier alpha value is -1.38. The van der Waals surface area contributed by atoms with E-state index < -0.39 is 0 Å². The van der Waals surface area contributed by atoms with Gasteiger partial charge in [-0.05, 0) is 25.0 Å². The molecule has 0 radical (unpaired) electrons. The molecule has 13 heavy (non-hydrogen) atoms. The zero-order valence-electron chi connectivity index (χ0n) is 7.75. The topological polar surface area (TPSA) is 40.0 Å². The Morgan fingerprint density at radius 1 is 1.54 bits per heavy atom. The van der Waals surface area contributed by atoms with Gasteiger partial charge in [-0.15, -0.1) is 0 Å².